The van der Waals surface area contributed by atoms with Crippen LogP contribution in [0.25, 0.3) is 11.3 Å². The fourth-order valence-corrected chi connectivity index (χ4v) is 3.56. The number of benzene rings is 2. The largest absolute Gasteiger partial charge is 0.473 e. The van der Waals surface area contributed by atoms with Crippen molar-refractivity contribution in [2.75, 3.05) is 7.11 Å². The van der Waals surface area contributed by atoms with Gasteiger partial charge in [-0.05, 0) is 18.6 Å². The molecule has 8 nitrogen and oxygen atoms in total. The van der Waals surface area contributed by atoms with Gasteiger partial charge in [0.1, 0.15) is 24.1 Å². The zero-order valence-electron chi connectivity index (χ0n) is 19.4. The van der Waals surface area contributed by atoms with E-state index in [-0.39, 0.29) is 6.61 Å². The van der Waals surface area contributed by atoms with E-state index in [2.05, 4.69) is 15.5 Å². The Morgan fingerprint density at radius 1 is 1.00 bits per heavy atom. The number of nitrogens with zero attached hydrogens (tertiary/aromatic N) is 2. The van der Waals surface area contributed by atoms with Crippen molar-refractivity contribution in [1.29, 1.82) is 0 Å². The van der Waals surface area contributed by atoms with Gasteiger partial charge in [0.2, 0.25) is 5.88 Å². The number of methoxy groups -OCH3 is 1. The van der Waals surface area contributed by atoms with Gasteiger partial charge in [-0.15, -0.1) is 0 Å². The Balaban J connectivity index is 1.40. The summed E-state index contributed by atoms with van der Waals surface area (Å²) in [6.07, 6.45) is 1.72. The maximum absolute atomic E-state index is 12.7. The molecule has 35 heavy (non-hydrogen) atoms. The van der Waals surface area contributed by atoms with E-state index in [1.165, 1.54) is 13.3 Å². The van der Waals surface area contributed by atoms with Crippen molar-refractivity contribution in [3.05, 3.63) is 101 Å². The summed E-state index contributed by atoms with van der Waals surface area (Å²) in [6.45, 7) is 2.03. The fraction of sp³-hybridized carbons (Fsp3) is 0.185. The van der Waals surface area contributed by atoms with Crippen LogP contribution in [-0.4, -0.2) is 35.2 Å². The number of pyridine rings is 1. The van der Waals surface area contributed by atoms with Crippen molar-refractivity contribution in [1.82, 2.24) is 15.5 Å². The molecule has 1 atom stereocenters. The molecule has 2 aromatic heterocycles. The topological polar surface area (TPSA) is 104 Å². The first-order chi connectivity index (χ1) is 17.0. The zero-order chi connectivity index (χ0) is 24.6. The third-order valence-electron chi connectivity index (χ3n) is 5.47. The number of hydrogen-bond acceptors (Lipinski definition) is 7. The summed E-state index contributed by atoms with van der Waals surface area (Å²) in [4.78, 5) is 29.2. The molecule has 2 aromatic carbocycles. The number of rotatable bonds is 9. The first-order valence-corrected chi connectivity index (χ1v) is 11.1. The average Bonchev–Trinajstić information content (AvgIpc) is 3.28. The molecule has 1 N–H and O–H groups in total. The quantitative estimate of drug-likeness (QED) is 0.366. The molecule has 0 bridgehead atoms. The highest BCUT2D eigenvalue weighted by atomic mass is 16.5. The predicted molar refractivity (Wildman–Crippen MR) is 129 cm³/mol. The Hall–Kier alpha value is -4.46. The smallest absolute Gasteiger partial charge is 0.328 e. The molecule has 4 rings (SSSR count). The SMILES string of the molecule is COC(=O)C(Cc1ccccc1)NC(=O)c1ccc(OCc2c(-c3ccccc3)noc2C)nc1. The van der Waals surface area contributed by atoms with Gasteiger partial charge in [0, 0.05) is 24.2 Å². The first kappa shape index (κ1) is 23.7. The molecule has 8 heteroatoms. The van der Waals surface area contributed by atoms with Gasteiger partial charge in [-0.2, -0.15) is 0 Å². The molecule has 4 aromatic rings. The van der Waals surface area contributed by atoms with Gasteiger partial charge in [0.15, 0.2) is 0 Å². The molecule has 178 valence electrons. The van der Waals surface area contributed by atoms with Crippen molar-refractivity contribution >= 4 is 11.9 Å². The summed E-state index contributed by atoms with van der Waals surface area (Å²) in [5, 5.41) is 6.87. The van der Waals surface area contributed by atoms with Crippen LogP contribution in [0.2, 0.25) is 0 Å². The molecule has 0 saturated heterocycles. The van der Waals surface area contributed by atoms with Crippen molar-refractivity contribution in [2.24, 2.45) is 0 Å². The number of carbonyl (C=O) groups excluding carboxylic acids is 2. The Morgan fingerprint density at radius 3 is 2.37 bits per heavy atom. The first-order valence-electron chi connectivity index (χ1n) is 11.1. The molecule has 0 spiro atoms. The third kappa shape index (κ3) is 5.92. The molecule has 2 heterocycles. The van der Waals surface area contributed by atoms with Crippen LogP contribution in [0, 0.1) is 6.92 Å². The second-order valence-electron chi connectivity index (χ2n) is 7.84. The van der Waals surface area contributed by atoms with E-state index in [0.29, 0.717) is 29.3 Å². The van der Waals surface area contributed by atoms with Crippen molar-refractivity contribution in [3.8, 4) is 17.1 Å². The van der Waals surface area contributed by atoms with Gasteiger partial charge < -0.3 is 19.3 Å². The molecule has 0 aliphatic heterocycles. The van der Waals surface area contributed by atoms with Crippen LogP contribution in [0.3, 0.4) is 0 Å². The second kappa shape index (κ2) is 11.1. The summed E-state index contributed by atoms with van der Waals surface area (Å²) in [5.41, 5.74) is 3.67. The highest BCUT2D eigenvalue weighted by molar-refractivity contribution is 5.96. The highest BCUT2D eigenvalue weighted by Gasteiger charge is 2.23. The molecule has 0 radical (unpaired) electrons. The molecule has 0 saturated carbocycles. The van der Waals surface area contributed by atoms with Gasteiger partial charge >= 0.3 is 5.97 Å². The van der Waals surface area contributed by atoms with E-state index in [1.54, 1.807) is 12.1 Å². The normalized spacial score (nSPS) is 11.5. The average molecular weight is 472 g/mol. The Morgan fingerprint density at radius 2 is 1.71 bits per heavy atom. The Kier molecular flexibility index (Phi) is 7.52. The molecule has 1 unspecified atom stereocenters. The van der Waals surface area contributed by atoms with Crippen molar-refractivity contribution < 1.29 is 23.6 Å². The zero-order valence-corrected chi connectivity index (χ0v) is 19.4. The monoisotopic (exact) mass is 471 g/mol. The summed E-state index contributed by atoms with van der Waals surface area (Å²) in [6, 6.07) is 21.5. The van der Waals surface area contributed by atoms with E-state index in [1.807, 2.05) is 67.6 Å². The van der Waals surface area contributed by atoms with Crippen LogP contribution in [0.15, 0.2) is 83.5 Å². The van der Waals surface area contributed by atoms with Crippen molar-refractivity contribution in [3.63, 3.8) is 0 Å². The molecule has 1 amide bonds. The number of amides is 1. The van der Waals surface area contributed by atoms with Gasteiger partial charge in [-0.1, -0.05) is 65.8 Å². The number of nitrogens with one attached hydrogen (secondary N) is 1. The van der Waals surface area contributed by atoms with E-state index < -0.39 is 17.9 Å². The highest BCUT2D eigenvalue weighted by Crippen LogP contribution is 2.26. The number of hydrogen-bond donors (Lipinski definition) is 1. The van der Waals surface area contributed by atoms with Crippen LogP contribution in [-0.2, 0) is 22.6 Å². The number of aromatic nitrogens is 2. The van der Waals surface area contributed by atoms with Gasteiger partial charge in [-0.3, -0.25) is 4.79 Å². The minimum atomic E-state index is -0.821. The summed E-state index contributed by atoms with van der Waals surface area (Å²) in [5.74, 6) is 0.0483. The molecule has 0 aliphatic rings. The maximum atomic E-state index is 12.7. The van der Waals surface area contributed by atoms with E-state index >= 15 is 0 Å². The standard InChI is InChI=1S/C27H25N3O5/c1-18-22(25(30-35-18)20-11-7-4-8-12-20)17-34-24-14-13-21(16-28-24)26(31)29-23(27(32)33-2)15-19-9-5-3-6-10-19/h3-14,16,23H,15,17H2,1-2H3,(H,29,31). The maximum Gasteiger partial charge on any atom is 0.328 e. The lowest BCUT2D eigenvalue weighted by atomic mass is 10.1. The van der Waals surface area contributed by atoms with Crippen LogP contribution < -0.4 is 10.1 Å². The number of carbonyl (C=O) groups is 2. The third-order valence-corrected chi connectivity index (χ3v) is 5.47. The van der Waals surface area contributed by atoms with Gasteiger partial charge in [-0.25, -0.2) is 9.78 Å². The molecule has 0 fully saturated rings. The lowest BCUT2D eigenvalue weighted by Crippen LogP contribution is -2.43. The summed E-state index contributed by atoms with van der Waals surface area (Å²) < 4.78 is 16.0. The number of aryl methyl sites for hydroxylation is 1. The summed E-state index contributed by atoms with van der Waals surface area (Å²) in [7, 11) is 1.29. The van der Waals surface area contributed by atoms with Gasteiger partial charge in [0.25, 0.3) is 5.91 Å². The lowest BCUT2D eigenvalue weighted by molar-refractivity contribution is -0.142. The van der Waals surface area contributed by atoms with Crippen LogP contribution >= 0.6 is 0 Å². The predicted octanol–water partition coefficient (Wildman–Crippen LogP) is 4.14. The fourth-order valence-electron chi connectivity index (χ4n) is 3.56. The number of ether oxygens (including phenoxy) is 2. The Bertz CT molecular complexity index is 1270. The molecular weight excluding hydrogens is 446 g/mol. The number of esters is 1. The molecule has 0 aliphatic carbocycles. The minimum absolute atomic E-state index is 0.208. The van der Waals surface area contributed by atoms with Crippen LogP contribution in [0.4, 0.5) is 0 Å². The van der Waals surface area contributed by atoms with Crippen molar-refractivity contribution in [2.45, 2.75) is 26.0 Å². The Labute approximate surface area is 202 Å². The van der Waals surface area contributed by atoms with Crippen LogP contribution in [0.5, 0.6) is 5.88 Å². The van der Waals surface area contributed by atoms with Crippen LogP contribution in [0.1, 0.15) is 27.2 Å². The van der Waals surface area contributed by atoms with E-state index in [4.69, 9.17) is 14.0 Å². The lowest BCUT2D eigenvalue weighted by Gasteiger charge is -2.16. The molecular formula is C27H25N3O5. The van der Waals surface area contributed by atoms with Gasteiger partial charge in [0.05, 0.1) is 18.2 Å². The van der Waals surface area contributed by atoms with E-state index in [9.17, 15) is 9.59 Å². The minimum Gasteiger partial charge on any atom is -0.473 e. The van der Waals surface area contributed by atoms with E-state index in [0.717, 1.165) is 16.7 Å². The summed E-state index contributed by atoms with van der Waals surface area (Å²) >= 11 is 0. The second-order valence-corrected chi connectivity index (χ2v) is 7.84.